The van der Waals surface area contributed by atoms with Gasteiger partial charge in [0.05, 0.1) is 0 Å². The summed E-state index contributed by atoms with van der Waals surface area (Å²) >= 11 is 0. The molecule has 0 unspecified atom stereocenters. The van der Waals surface area contributed by atoms with Crippen LogP contribution in [0, 0.1) is 11.8 Å². The Labute approximate surface area is 113 Å². The van der Waals surface area contributed by atoms with Gasteiger partial charge >= 0.3 is 0 Å². The smallest absolute Gasteiger partial charge is 0.0431 e. The second-order valence-electron chi connectivity index (χ2n) is 6.12. The third-order valence-electron chi connectivity index (χ3n) is 3.83. The van der Waals surface area contributed by atoms with Gasteiger partial charge in [-0.15, -0.1) is 0 Å². The Hall–Kier alpha value is -0.120. The van der Waals surface area contributed by atoms with E-state index in [2.05, 4.69) is 24.1 Å². The van der Waals surface area contributed by atoms with E-state index in [9.17, 15) is 0 Å². The lowest BCUT2D eigenvalue weighted by Crippen LogP contribution is -2.38. The van der Waals surface area contributed by atoms with Crippen LogP contribution in [-0.2, 0) is 0 Å². The van der Waals surface area contributed by atoms with Gasteiger partial charge in [-0.1, -0.05) is 13.8 Å². The predicted molar refractivity (Wildman–Crippen MR) is 77.8 cm³/mol. The summed E-state index contributed by atoms with van der Waals surface area (Å²) in [6.45, 7) is 11.0. The molecule has 1 aliphatic heterocycles. The van der Waals surface area contributed by atoms with Crippen LogP contribution in [0.1, 0.15) is 46.0 Å². The van der Waals surface area contributed by atoms with Crippen molar-refractivity contribution < 1.29 is 5.11 Å². The van der Waals surface area contributed by atoms with Crippen molar-refractivity contribution in [3.63, 3.8) is 0 Å². The van der Waals surface area contributed by atoms with Crippen LogP contribution in [0.15, 0.2) is 0 Å². The zero-order chi connectivity index (χ0) is 13.2. The third kappa shape index (κ3) is 7.34. The maximum Gasteiger partial charge on any atom is 0.0431 e. The number of nitrogens with zero attached hydrogens (tertiary/aromatic N) is 1. The summed E-state index contributed by atoms with van der Waals surface area (Å²) in [5, 5.41) is 12.3. The molecule has 0 aromatic rings. The van der Waals surface area contributed by atoms with Crippen molar-refractivity contribution in [2.24, 2.45) is 11.8 Å². The molecule has 1 heterocycles. The Morgan fingerprint density at radius 2 is 1.89 bits per heavy atom. The highest BCUT2D eigenvalue weighted by Crippen LogP contribution is 2.16. The number of aliphatic hydroxyl groups is 1. The first kappa shape index (κ1) is 15.9. The molecular weight excluding hydrogens is 224 g/mol. The summed E-state index contributed by atoms with van der Waals surface area (Å²) in [6, 6.07) is 0. The standard InChI is InChI=1S/C15H32N2O/c1-14(2)12-16-13-15-6-9-17(10-7-15)8-4-3-5-11-18/h14-16,18H,3-13H2,1-2H3. The van der Waals surface area contributed by atoms with Crippen molar-refractivity contribution in [3.8, 4) is 0 Å². The number of hydrogen-bond acceptors (Lipinski definition) is 3. The van der Waals surface area contributed by atoms with E-state index in [0.29, 0.717) is 6.61 Å². The molecule has 1 fully saturated rings. The first-order valence-corrected chi connectivity index (χ1v) is 7.76. The fourth-order valence-corrected chi connectivity index (χ4v) is 2.61. The molecule has 18 heavy (non-hydrogen) atoms. The summed E-state index contributed by atoms with van der Waals surface area (Å²) in [5.74, 6) is 1.65. The van der Waals surface area contributed by atoms with E-state index in [1.807, 2.05) is 0 Å². The fraction of sp³-hybridized carbons (Fsp3) is 1.00. The number of likely N-dealkylation sites (tertiary alicyclic amines) is 1. The minimum absolute atomic E-state index is 0.351. The predicted octanol–water partition coefficient (Wildman–Crippen LogP) is 2.11. The zero-order valence-electron chi connectivity index (χ0n) is 12.3. The number of unbranched alkanes of at least 4 members (excludes halogenated alkanes) is 2. The highest BCUT2D eigenvalue weighted by atomic mass is 16.2. The average Bonchev–Trinajstić information content (AvgIpc) is 2.36. The molecule has 0 aromatic carbocycles. The lowest BCUT2D eigenvalue weighted by molar-refractivity contribution is 0.177. The molecule has 1 saturated heterocycles. The van der Waals surface area contributed by atoms with E-state index in [1.165, 1.54) is 51.9 Å². The summed E-state index contributed by atoms with van der Waals surface area (Å²) < 4.78 is 0. The van der Waals surface area contributed by atoms with Gasteiger partial charge in [-0.25, -0.2) is 0 Å². The molecule has 0 radical (unpaired) electrons. The van der Waals surface area contributed by atoms with Gasteiger partial charge in [0.25, 0.3) is 0 Å². The van der Waals surface area contributed by atoms with Gasteiger partial charge in [0.15, 0.2) is 0 Å². The zero-order valence-corrected chi connectivity index (χ0v) is 12.3. The van der Waals surface area contributed by atoms with Crippen LogP contribution in [0.25, 0.3) is 0 Å². The molecule has 0 saturated carbocycles. The van der Waals surface area contributed by atoms with E-state index in [0.717, 1.165) is 24.8 Å². The molecule has 0 aromatic heterocycles. The molecule has 2 N–H and O–H groups in total. The summed E-state index contributed by atoms with van der Waals surface area (Å²) in [5.41, 5.74) is 0. The number of aliphatic hydroxyl groups excluding tert-OH is 1. The number of rotatable bonds is 9. The minimum atomic E-state index is 0.351. The van der Waals surface area contributed by atoms with Crippen molar-refractivity contribution in [2.75, 3.05) is 39.3 Å². The molecule has 0 bridgehead atoms. The van der Waals surface area contributed by atoms with Crippen LogP contribution in [0.5, 0.6) is 0 Å². The Morgan fingerprint density at radius 1 is 1.17 bits per heavy atom. The molecule has 3 heteroatoms. The van der Waals surface area contributed by atoms with E-state index in [-0.39, 0.29) is 0 Å². The van der Waals surface area contributed by atoms with Crippen LogP contribution >= 0.6 is 0 Å². The van der Waals surface area contributed by atoms with E-state index in [4.69, 9.17) is 5.11 Å². The molecule has 1 rings (SSSR count). The van der Waals surface area contributed by atoms with Crippen molar-refractivity contribution in [1.82, 2.24) is 10.2 Å². The summed E-state index contributed by atoms with van der Waals surface area (Å²) in [6.07, 6.45) is 6.09. The van der Waals surface area contributed by atoms with Gasteiger partial charge in [-0.2, -0.15) is 0 Å². The lowest BCUT2D eigenvalue weighted by Gasteiger charge is -2.32. The molecule has 3 nitrogen and oxygen atoms in total. The van der Waals surface area contributed by atoms with Gasteiger partial charge in [0.1, 0.15) is 0 Å². The molecular formula is C15H32N2O. The topological polar surface area (TPSA) is 35.5 Å². The molecule has 0 amide bonds. The maximum absolute atomic E-state index is 8.74. The number of piperidine rings is 1. The molecule has 0 spiro atoms. The largest absolute Gasteiger partial charge is 0.396 e. The van der Waals surface area contributed by atoms with Crippen molar-refractivity contribution in [2.45, 2.75) is 46.0 Å². The van der Waals surface area contributed by atoms with E-state index >= 15 is 0 Å². The highest BCUT2D eigenvalue weighted by molar-refractivity contribution is 4.74. The van der Waals surface area contributed by atoms with Gasteiger partial charge in [-0.05, 0) is 76.7 Å². The van der Waals surface area contributed by atoms with E-state index < -0.39 is 0 Å². The minimum Gasteiger partial charge on any atom is -0.396 e. The second-order valence-corrected chi connectivity index (χ2v) is 6.12. The van der Waals surface area contributed by atoms with Crippen LogP contribution in [0.3, 0.4) is 0 Å². The van der Waals surface area contributed by atoms with Crippen LogP contribution < -0.4 is 5.32 Å². The van der Waals surface area contributed by atoms with Gasteiger partial charge in [-0.3, -0.25) is 0 Å². The van der Waals surface area contributed by atoms with Gasteiger partial charge in [0, 0.05) is 6.61 Å². The molecule has 1 aliphatic rings. The molecule has 108 valence electrons. The molecule has 0 atom stereocenters. The summed E-state index contributed by atoms with van der Waals surface area (Å²) in [4.78, 5) is 2.59. The normalized spacial score (nSPS) is 18.7. The van der Waals surface area contributed by atoms with Crippen LogP contribution in [0.4, 0.5) is 0 Å². The highest BCUT2D eigenvalue weighted by Gasteiger charge is 2.18. The Kier molecular flexibility index (Phi) is 8.64. The second kappa shape index (κ2) is 9.76. The monoisotopic (exact) mass is 256 g/mol. The third-order valence-corrected chi connectivity index (χ3v) is 3.83. The van der Waals surface area contributed by atoms with Crippen LogP contribution in [-0.4, -0.2) is 49.3 Å². The van der Waals surface area contributed by atoms with Crippen molar-refractivity contribution in [3.05, 3.63) is 0 Å². The van der Waals surface area contributed by atoms with Crippen molar-refractivity contribution in [1.29, 1.82) is 0 Å². The first-order valence-electron chi connectivity index (χ1n) is 7.76. The Morgan fingerprint density at radius 3 is 2.50 bits per heavy atom. The first-order chi connectivity index (χ1) is 8.72. The van der Waals surface area contributed by atoms with Crippen LogP contribution in [0.2, 0.25) is 0 Å². The average molecular weight is 256 g/mol. The Bertz CT molecular complexity index is 189. The lowest BCUT2D eigenvalue weighted by atomic mass is 9.96. The maximum atomic E-state index is 8.74. The van der Waals surface area contributed by atoms with E-state index in [1.54, 1.807) is 0 Å². The number of nitrogens with one attached hydrogen (secondary N) is 1. The van der Waals surface area contributed by atoms with Gasteiger partial charge in [0.2, 0.25) is 0 Å². The Balaban J connectivity index is 1.98. The fourth-order valence-electron chi connectivity index (χ4n) is 2.61. The quantitative estimate of drug-likeness (QED) is 0.620. The number of hydrogen-bond donors (Lipinski definition) is 2. The SMILES string of the molecule is CC(C)CNCC1CCN(CCCCCO)CC1. The summed E-state index contributed by atoms with van der Waals surface area (Å²) in [7, 11) is 0. The van der Waals surface area contributed by atoms with Crippen molar-refractivity contribution >= 4 is 0 Å². The van der Waals surface area contributed by atoms with Gasteiger partial charge < -0.3 is 15.3 Å². The molecule has 0 aliphatic carbocycles.